The molecule has 2 aliphatic rings. The van der Waals surface area contributed by atoms with Crippen molar-refractivity contribution >= 4 is 0 Å². The summed E-state index contributed by atoms with van der Waals surface area (Å²) in [7, 11) is 0. The summed E-state index contributed by atoms with van der Waals surface area (Å²) in [4.78, 5) is 0. The van der Waals surface area contributed by atoms with E-state index in [0.29, 0.717) is 17.7 Å². The molecule has 0 amide bonds. The maximum absolute atomic E-state index is 10.3. The Morgan fingerprint density at radius 3 is 2.35 bits per heavy atom. The predicted molar refractivity (Wildman–Crippen MR) is 111 cm³/mol. The van der Waals surface area contributed by atoms with E-state index < -0.39 is 37.3 Å². The molecule has 0 saturated carbocycles. The van der Waals surface area contributed by atoms with E-state index in [1.165, 1.54) is 0 Å². The molecular weight excluding hydrogens is 404 g/mol. The molecule has 0 bridgehead atoms. The molecule has 1 fully saturated rings. The lowest BCUT2D eigenvalue weighted by molar-refractivity contribution is -0.277. The fourth-order valence-corrected chi connectivity index (χ4v) is 4.60. The first-order valence-corrected chi connectivity index (χ1v) is 10.3. The van der Waals surface area contributed by atoms with Gasteiger partial charge < -0.3 is 40.1 Å². The molecule has 0 radical (unpaired) electrons. The number of ether oxygens (including phenoxy) is 2. The molecule has 0 spiro atoms. The van der Waals surface area contributed by atoms with Crippen molar-refractivity contribution in [2.24, 2.45) is 0 Å². The highest BCUT2D eigenvalue weighted by Crippen LogP contribution is 2.44. The SMILES string of the molecule is Cc1c(O)ccc2c1CCc1c(C)c(O[C@@H]3O[C@H](CO)[C@H](O)[C@H](O)[C@H]3O)cc(CO)c1-2. The number of phenols is 1. The molecule has 168 valence electrons. The van der Waals surface area contributed by atoms with Crippen LogP contribution >= 0.6 is 0 Å². The maximum Gasteiger partial charge on any atom is 0.229 e. The molecule has 0 aromatic heterocycles. The van der Waals surface area contributed by atoms with Gasteiger partial charge in [-0.3, -0.25) is 0 Å². The first-order valence-electron chi connectivity index (χ1n) is 10.3. The van der Waals surface area contributed by atoms with Gasteiger partial charge in [-0.05, 0) is 77.8 Å². The second-order valence-electron chi connectivity index (χ2n) is 8.22. The number of benzene rings is 2. The maximum atomic E-state index is 10.3. The Morgan fingerprint density at radius 1 is 0.968 bits per heavy atom. The van der Waals surface area contributed by atoms with E-state index >= 15 is 0 Å². The van der Waals surface area contributed by atoms with E-state index in [0.717, 1.165) is 39.8 Å². The van der Waals surface area contributed by atoms with Crippen LogP contribution in [0.4, 0.5) is 0 Å². The first kappa shape index (κ1) is 22.0. The Balaban J connectivity index is 1.74. The average molecular weight is 432 g/mol. The van der Waals surface area contributed by atoms with E-state index in [1.54, 1.807) is 12.1 Å². The number of hydrogen-bond donors (Lipinski definition) is 6. The van der Waals surface area contributed by atoms with E-state index in [9.17, 15) is 30.6 Å². The van der Waals surface area contributed by atoms with Crippen molar-refractivity contribution in [1.29, 1.82) is 0 Å². The van der Waals surface area contributed by atoms with E-state index in [4.69, 9.17) is 9.47 Å². The van der Waals surface area contributed by atoms with Gasteiger partial charge in [-0.1, -0.05) is 6.07 Å². The normalized spacial score (nSPS) is 27.5. The molecule has 1 heterocycles. The van der Waals surface area contributed by atoms with E-state index in [-0.39, 0.29) is 12.4 Å². The Labute approximate surface area is 179 Å². The molecule has 2 aromatic carbocycles. The lowest BCUT2D eigenvalue weighted by Gasteiger charge is -2.40. The fourth-order valence-electron chi connectivity index (χ4n) is 4.60. The van der Waals surface area contributed by atoms with Crippen molar-refractivity contribution in [2.75, 3.05) is 6.61 Å². The molecule has 1 saturated heterocycles. The molecule has 8 heteroatoms. The number of aliphatic hydroxyl groups is 5. The number of rotatable bonds is 4. The summed E-state index contributed by atoms with van der Waals surface area (Å²) in [5.74, 6) is 0.623. The van der Waals surface area contributed by atoms with Crippen LogP contribution < -0.4 is 4.74 Å². The van der Waals surface area contributed by atoms with Crippen LogP contribution in [0.2, 0.25) is 0 Å². The lowest BCUT2D eigenvalue weighted by Crippen LogP contribution is -2.60. The summed E-state index contributed by atoms with van der Waals surface area (Å²) in [5.41, 5.74) is 6.17. The highest BCUT2D eigenvalue weighted by molar-refractivity contribution is 5.80. The first-order chi connectivity index (χ1) is 14.8. The summed E-state index contributed by atoms with van der Waals surface area (Å²) in [6, 6.07) is 5.18. The van der Waals surface area contributed by atoms with Gasteiger partial charge in [0.2, 0.25) is 6.29 Å². The van der Waals surface area contributed by atoms with E-state index in [2.05, 4.69) is 0 Å². The third kappa shape index (κ3) is 3.59. The highest BCUT2D eigenvalue weighted by atomic mass is 16.7. The minimum Gasteiger partial charge on any atom is -0.508 e. The summed E-state index contributed by atoms with van der Waals surface area (Å²) in [6.07, 6.45) is -5.48. The number of phenolic OH excluding ortho intramolecular Hbond substituents is 1. The molecule has 1 aliphatic carbocycles. The summed E-state index contributed by atoms with van der Waals surface area (Å²) in [6.45, 7) is 2.96. The Morgan fingerprint density at radius 2 is 1.68 bits per heavy atom. The van der Waals surface area contributed by atoms with Crippen LogP contribution in [-0.2, 0) is 24.2 Å². The largest absolute Gasteiger partial charge is 0.508 e. The lowest BCUT2D eigenvalue weighted by atomic mass is 9.79. The molecule has 4 rings (SSSR count). The highest BCUT2D eigenvalue weighted by Gasteiger charge is 2.45. The van der Waals surface area contributed by atoms with E-state index in [1.807, 2.05) is 19.9 Å². The summed E-state index contributed by atoms with van der Waals surface area (Å²) < 4.78 is 11.4. The van der Waals surface area contributed by atoms with Gasteiger partial charge in [0.1, 0.15) is 35.9 Å². The van der Waals surface area contributed by atoms with Gasteiger partial charge in [0, 0.05) is 0 Å². The molecule has 5 atom stereocenters. The Bertz CT molecular complexity index is 986. The number of hydrogen-bond acceptors (Lipinski definition) is 8. The summed E-state index contributed by atoms with van der Waals surface area (Å²) >= 11 is 0. The van der Waals surface area contributed by atoms with Crippen molar-refractivity contribution in [2.45, 2.75) is 64.0 Å². The van der Waals surface area contributed by atoms with Crippen molar-refractivity contribution < 1.29 is 40.1 Å². The zero-order valence-corrected chi connectivity index (χ0v) is 17.4. The zero-order valence-electron chi connectivity index (χ0n) is 17.4. The van der Waals surface area contributed by atoms with Crippen LogP contribution in [-0.4, -0.2) is 68.0 Å². The minimum atomic E-state index is -1.53. The van der Waals surface area contributed by atoms with Gasteiger partial charge in [-0.25, -0.2) is 0 Å². The van der Waals surface area contributed by atoms with Gasteiger partial charge in [-0.2, -0.15) is 0 Å². The molecule has 0 unspecified atom stereocenters. The smallest absolute Gasteiger partial charge is 0.229 e. The number of aliphatic hydroxyl groups excluding tert-OH is 5. The van der Waals surface area contributed by atoms with Crippen LogP contribution in [0.1, 0.15) is 27.8 Å². The van der Waals surface area contributed by atoms with Crippen molar-refractivity contribution in [1.82, 2.24) is 0 Å². The molecule has 8 nitrogen and oxygen atoms in total. The predicted octanol–water partition coefficient (Wildman–Crippen LogP) is 0.446. The van der Waals surface area contributed by atoms with Gasteiger partial charge in [0.05, 0.1) is 13.2 Å². The third-order valence-electron chi connectivity index (χ3n) is 6.48. The molecular formula is C23H28O8. The van der Waals surface area contributed by atoms with Crippen molar-refractivity contribution in [3.05, 3.63) is 46.0 Å². The Hall–Kier alpha value is -2.20. The number of fused-ring (bicyclic) bond motifs is 3. The fraction of sp³-hybridized carbons (Fsp3) is 0.478. The second kappa shape index (κ2) is 8.38. The molecule has 2 aromatic rings. The quantitative estimate of drug-likeness (QED) is 0.409. The zero-order chi connectivity index (χ0) is 22.4. The van der Waals surface area contributed by atoms with Crippen LogP contribution in [0.3, 0.4) is 0 Å². The third-order valence-corrected chi connectivity index (χ3v) is 6.48. The van der Waals surface area contributed by atoms with Crippen LogP contribution in [0.25, 0.3) is 11.1 Å². The Kier molecular flexibility index (Phi) is 5.95. The number of aromatic hydroxyl groups is 1. The molecule has 1 aliphatic heterocycles. The van der Waals surface area contributed by atoms with Crippen LogP contribution in [0.15, 0.2) is 18.2 Å². The van der Waals surface area contributed by atoms with Crippen LogP contribution in [0.5, 0.6) is 11.5 Å². The average Bonchev–Trinajstić information content (AvgIpc) is 2.77. The summed E-state index contributed by atoms with van der Waals surface area (Å²) in [5, 5.41) is 59.9. The van der Waals surface area contributed by atoms with Gasteiger partial charge in [0.15, 0.2) is 0 Å². The van der Waals surface area contributed by atoms with Crippen molar-refractivity contribution in [3.63, 3.8) is 0 Å². The van der Waals surface area contributed by atoms with Gasteiger partial charge >= 0.3 is 0 Å². The topological polar surface area (TPSA) is 140 Å². The van der Waals surface area contributed by atoms with Gasteiger partial charge in [0.25, 0.3) is 0 Å². The molecule has 6 N–H and O–H groups in total. The minimum absolute atomic E-state index is 0.243. The van der Waals surface area contributed by atoms with Crippen molar-refractivity contribution in [3.8, 4) is 22.6 Å². The molecule has 31 heavy (non-hydrogen) atoms. The van der Waals surface area contributed by atoms with Crippen LogP contribution in [0, 0.1) is 13.8 Å². The second-order valence-corrected chi connectivity index (χ2v) is 8.22. The standard InChI is InChI=1S/C23H28O8/c1-10-13-3-4-14-11(2)17(7-12(8-24)19(14)15(13)5-6-16(10)26)30-23-22(29)21(28)20(27)18(9-25)31-23/h5-7,18,20-29H,3-4,8-9H2,1-2H3/t18-,20+,21+,22-,23-/m1/s1. The monoisotopic (exact) mass is 432 g/mol. The van der Waals surface area contributed by atoms with Gasteiger partial charge in [-0.15, -0.1) is 0 Å².